The first-order valence-electron chi connectivity index (χ1n) is 9.46. The number of carbonyl (C=O) groups excluding carboxylic acids is 1. The number of fused-ring (bicyclic) bond motifs is 1. The van der Waals surface area contributed by atoms with Gasteiger partial charge in [0.1, 0.15) is 22.2 Å². The molecule has 1 aliphatic heterocycles. The molecule has 0 radical (unpaired) electrons. The van der Waals surface area contributed by atoms with E-state index in [1.165, 1.54) is 32.4 Å². The first-order valence-corrected chi connectivity index (χ1v) is 11.0. The summed E-state index contributed by atoms with van der Waals surface area (Å²) in [5.41, 5.74) is -2.24. The molecule has 11 heteroatoms. The van der Waals surface area contributed by atoms with Crippen molar-refractivity contribution in [2.75, 3.05) is 14.2 Å². The minimum Gasteiger partial charge on any atom is -0.442 e. The molecule has 3 atom stereocenters. The van der Waals surface area contributed by atoms with Crippen LogP contribution < -0.4 is 5.84 Å². The fraction of sp³-hybridized carbons (Fsp3) is 0.579. The largest absolute Gasteiger partial charge is 0.442 e. The van der Waals surface area contributed by atoms with E-state index in [9.17, 15) is 17.6 Å². The van der Waals surface area contributed by atoms with Gasteiger partial charge in [0.05, 0.1) is 6.10 Å². The zero-order valence-corrected chi connectivity index (χ0v) is 18.4. The number of methoxy groups -OCH3 is 1. The molecule has 2 N–H and O–H groups in total. The Labute approximate surface area is 175 Å². The quantitative estimate of drug-likeness (QED) is 0.425. The summed E-state index contributed by atoms with van der Waals surface area (Å²) >= 11 is 0. The van der Waals surface area contributed by atoms with Crippen molar-refractivity contribution in [3.8, 4) is 0 Å². The number of guanidine groups is 1. The van der Waals surface area contributed by atoms with Crippen LogP contribution >= 0.6 is 0 Å². The molecule has 0 spiro atoms. The van der Waals surface area contributed by atoms with E-state index in [4.69, 9.17) is 15.3 Å². The lowest BCUT2D eigenvalue weighted by molar-refractivity contribution is 0.0354. The topological polar surface area (TPSA) is 115 Å². The van der Waals surface area contributed by atoms with E-state index in [2.05, 4.69) is 4.99 Å². The van der Waals surface area contributed by atoms with Crippen molar-refractivity contribution < 1.29 is 27.1 Å². The molecule has 1 amide bonds. The number of ether oxygens (including phenoxy) is 2. The fourth-order valence-electron chi connectivity index (χ4n) is 3.97. The van der Waals surface area contributed by atoms with E-state index in [-0.39, 0.29) is 24.4 Å². The third-order valence-electron chi connectivity index (χ3n) is 5.35. The van der Waals surface area contributed by atoms with Crippen LogP contribution in [-0.4, -0.2) is 60.9 Å². The van der Waals surface area contributed by atoms with Gasteiger partial charge < -0.3 is 9.47 Å². The smallest absolute Gasteiger partial charge is 0.431 e. The van der Waals surface area contributed by atoms with Gasteiger partial charge in [0.2, 0.25) is 16.0 Å². The SMILES string of the molecule is COC1CC2C(c3ccccc3F)(C1)N=C(N(N)C(=O)OC(C)(C)C)N(C)S2(=O)=O. The van der Waals surface area contributed by atoms with Crippen molar-refractivity contribution in [1.29, 1.82) is 0 Å². The first kappa shape index (κ1) is 22.4. The Kier molecular flexibility index (Phi) is 5.59. The maximum absolute atomic E-state index is 14.8. The summed E-state index contributed by atoms with van der Waals surface area (Å²) in [5, 5.41) is -0.533. The van der Waals surface area contributed by atoms with Gasteiger partial charge >= 0.3 is 6.09 Å². The van der Waals surface area contributed by atoms with Crippen molar-refractivity contribution >= 4 is 22.1 Å². The Hall–Kier alpha value is -2.24. The standard InChI is InChI=1S/C19H27FN4O5S/c1-18(2,3)29-17(25)24(21)16-22-19(13-8-6-7-9-14(13)20)11-12(28-5)10-15(19)30(26,27)23(16)4/h6-9,12,15H,10-11,21H2,1-5H3. The number of carbonyl (C=O) groups is 1. The average Bonchev–Trinajstić information content (AvgIpc) is 3.04. The van der Waals surface area contributed by atoms with Crippen molar-refractivity contribution in [2.24, 2.45) is 10.8 Å². The van der Waals surface area contributed by atoms with Crippen LogP contribution in [0, 0.1) is 5.82 Å². The number of hydrogen-bond acceptors (Lipinski definition) is 7. The van der Waals surface area contributed by atoms with Gasteiger partial charge in [-0.15, -0.1) is 0 Å². The van der Waals surface area contributed by atoms with E-state index in [1.807, 2.05) is 0 Å². The molecule has 1 aliphatic carbocycles. The summed E-state index contributed by atoms with van der Waals surface area (Å²) < 4.78 is 53.2. The number of hydrogen-bond donors (Lipinski definition) is 1. The maximum Gasteiger partial charge on any atom is 0.431 e. The molecule has 0 saturated heterocycles. The molecule has 1 fully saturated rings. The molecular formula is C19H27FN4O5S. The summed E-state index contributed by atoms with van der Waals surface area (Å²) in [5.74, 6) is 4.99. The number of rotatable bonds is 2. The predicted molar refractivity (Wildman–Crippen MR) is 108 cm³/mol. The van der Waals surface area contributed by atoms with Gasteiger partial charge in [0.15, 0.2) is 0 Å². The minimum absolute atomic E-state index is 0.112. The van der Waals surface area contributed by atoms with Crippen LogP contribution in [0.25, 0.3) is 0 Å². The van der Waals surface area contributed by atoms with E-state index >= 15 is 0 Å². The van der Waals surface area contributed by atoms with Gasteiger partial charge in [-0.3, -0.25) is 0 Å². The van der Waals surface area contributed by atoms with E-state index < -0.39 is 44.4 Å². The van der Waals surface area contributed by atoms with Crippen molar-refractivity contribution in [2.45, 2.75) is 56.1 Å². The van der Waals surface area contributed by atoms with Crippen LogP contribution in [0.15, 0.2) is 29.3 Å². The van der Waals surface area contributed by atoms with Crippen LogP contribution in [0.5, 0.6) is 0 Å². The number of amides is 1. The molecule has 0 aromatic heterocycles. The van der Waals surface area contributed by atoms with Crippen molar-refractivity contribution in [3.63, 3.8) is 0 Å². The van der Waals surface area contributed by atoms with Crippen LogP contribution in [0.2, 0.25) is 0 Å². The molecule has 3 rings (SSSR count). The number of sulfonamides is 1. The zero-order chi connectivity index (χ0) is 22.5. The van der Waals surface area contributed by atoms with Gasteiger partial charge in [-0.2, -0.15) is 5.01 Å². The second-order valence-corrected chi connectivity index (χ2v) is 10.6. The number of aliphatic imine (C=N–C) groups is 1. The Morgan fingerprint density at radius 3 is 2.57 bits per heavy atom. The zero-order valence-electron chi connectivity index (χ0n) is 17.6. The van der Waals surface area contributed by atoms with Gasteiger partial charge in [0.25, 0.3) is 0 Å². The van der Waals surface area contributed by atoms with E-state index in [0.29, 0.717) is 5.01 Å². The molecule has 2 aliphatic rings. The summed E-state index contributed by atoms with van der Waals surface area (Å²) in [6.45, 7) is 4.96. The van der Waals surface area contributed by atoms with E-state index in [0.717, 1.165) is 4.31 Å². The number of nitrogens with two attached hydrogens (primary N) is 1. The Morgan fingerprint density at radius 2 is 2.00 bits per heavy atom. The molecule has 30 heavy (non-hydrogen) atoms. The Bertz CT molecular complexity index is 977. The highest BCUT2D eigenvalue weighted by Crippen LogP contribution is 2.50. The van der Waals surface area contributed by atoms with E-state index in [1.54, 1.807) is 26.8 Å². The fourth-order valence-corrected chi connectivity index (χ4v) is 5.93. The van der Waals surface area contributed by atoms with Gasteiger partial charge in [0, 0.05) is 26.1 Å². The second-order valence-electron chi connectivity index (χ2n) is 8.46. The summed E-state index contributed by atoms with van der Waals surface area (Å²) in [7, 11) is -1.33. The minimum atomic E-state index is -4.05. The molecular weight excluding hydrogens is 415 g/mol. The molecule has 9 nitrogen and oxygen atoms in total. The summed E-state index contributed by atoms with van der Waals surface area (Å²) in [4.78, 5) is 17.1. The van der Waals surface area contributed by atoms with Gasteiger partial charge in [-0.05, 0) is 33.3 Å². The highest BCUT2D eigenvalue weighted by atomic mass is 32.2. The number of nitrogens with zero attached hydrogens (tertiary/aromatic N) is 3. The molecule has 0 bridgehead atoms. The highest BCUT2D eigenvalue weighted by molar-refractivity contribution is 7.90. The molecule has 166 valence electrons. The molecule has 1 heterocycles. The number of halogens is 1. The van der Waals surface area contributed by atoms with Crippen LogP contribution in [0.3, 0.4) is 0 Å². The monoisotopic (exact) mass is 442 g/mol. The average molecular weight is 443 g/mol. The first-order chi connectivity index (χ1) is 13.8. The third-order valence-corrected chi connectivity index (χ3v) is 7.58. The lowest BCUT2D eigenvalue weighted by Gasteiger charge is -2.41. The molecule has 1 saturated carbocycles. The van der Waals surface area contributed by atoms with Crippen molar-refractivity contribution in [1.82, 2.24) is 9.31 Å². The Morgan fingerprint density at radius 1 is 1.37 bits per heavy atom. The summed E-state index contributed by atoms with van der Waals surface area (Å²) in [6, 6.07) is 5.86. The van der Waals surface area contributed by atoms with Crippen LogP contribution in [0.4, 0.5) is 9.18 Å². The number of hydrazine groups is 1. The summed E-state index contributed by atoms with van der Waals surface area (Å²) in [6.07, 6.45) is -1.19. The predicted octanol–water partition coefficient (Wildman–Crippen LogP) is 1.94. The third kappa shape index (κ3) is 3.65. The highest BCUT2D eigenvalue weighted by Gasteiger charge is 2.60. The molecule has 1 aromatic carbocycles. The maximum atomic E-state index is 14.8. The van der Waals surface area contributed by atoms with Crippen LogP contribution in [-0.2, 0) is 25.0 Å². The lowest BCUT2D eigenvalue weighted by atomic mass is 9.87. The Balaban J connectivity index is 2.20. The van der Waals surface area contributed by atoms with Crippen molar-refractivity contribution in [3.05, 3.63) is 35.6 Å². The molecule has 3 unspecified atom stereocenters. The second kappa shape index (κ2) is 7.47. The van der Waals surface area contributed by atoms with Gasteiger partial charge in [-0.1, -0.05) is 18.2 Å². The lowest BCUT2D eigenvalue weighted by Crippen LogP contribution is -2.60. The van der Waals surface area contributed by atoms with Gasteiger partial charge in [-0.25, -0.2) is 32.7 Å². The number of benzene rings is 1. The molecule has 1 aromatic rings. The van der Waals surface area contributed by atoms with Crippen LogP contribution in [0.1, 0.15) is 39.2 Å². The normalized spacial score (nSPS) is 28.0.